The normalized spacial score (nSPS) is 19.8. The summed E-state index contributed by atoms with van der Waals surface area (Å²) in [6.07, 6.45) is 5.03. The predicted octanol–water partition coefficient (Wildman–Crippen LogP) is 1.98. The van der Waals surface area contributed by atoms with E-state index in [9.17, 15) is 18.0 Å². The number of imidazole rings is 1. The molecule has 3 aromatic heterocycles. The zero-order valence-corrected chi connectivity index (χ0v) is 16.0. The molecule has 12 heteroatoms. The van der Waals surface area contributed by atoms with E-state index in [0.717, 1.165) is 12.8 Å². The van der Waals surface area contributed by atoms with Crippen molar-refractivity contribution in [3.05, 3.63) is 30.6 Å². The molecule has 0 bridgehead atoms. The number of rotatable bonds is 6. The number of halogens is 3. The molecule has 1 fully saturated rings. The van der Waals surface area contributed by atoms with Crippen LogP contribution in [-0.2, 0) is 0 Å². The van der Waals surface area contributed by atoms with Crippen LogP contribution in [0.15, 0.2) is 24.9 Å². The maximum absolute atomic E-state index is 12.9. The third-order valence-corrected chi connectivity index (χ3v) is 5.18. The molecule has 0 radical (unpaired) electrons. The van der Waals surface area contributed by atoms with E-state index in [0.29, 0.717) is 36.4 Å². The van der Waals surface area contributed by atoms with Crippen molar-refractivity contribution in [1.82, 2.24) is 40.3 Å². The standard InChI is InChI=1S/C18H21F3N8O/c19-18(20,21)9-23-7-11-1-3-12(4-2-11)25-16(30)15-14-13(8-24-28-14)26-17(27-15)29-6-5-22-10-29/h5-6,8,10-12,23H,1-4,7,9H2,(H,24,28)(H,25,30). The maximum Gasteiger partial charge on any atom is 0.401 e. The van der Waals surface area contributed by atoms with Crippen molar-refractivity contribution in [3.8, 4) is 5.95 Å². The molecule has 1 aliphatic carbocycles. The summed E-state index contributed by atoms with van der Waals surface area (Å²) in [5, 5.41) is 12.2. The van der Waals surface area contributed by atoms with Gasteiger partial charge >= 0.3 is 6.18 Å². The molecular weight excluding hydrogens is 401 g/mol. The first kappa shape index (κ1) is 20.3. The lowest BCUT2D eigenvalue weighted by atomic mass is 9.86. The molecule has 1 saturated carbocycles. The lowest BCUT2D eigenvalue weighted by Crippen LogP contribution is -2.40. The van der Waals surface area contributed by atoms with Crippen molar-refractivity contribution in [2.45, 2.75) is 37.9 Å². The Morgan fingerprint density at radius 3 is 2.73 bits per heavy atom. The van der Waals surface area contributed by atoms with E-state index >= 15 is 0 Å². The van der Waals surface area contributed by atoms with Gasteiger partial charge in [-0.15, -0.1) is 0 Å². The molecule has 3 heterocycles. The van der Waals surface area contributed by atoms with Gasteiger partial charge in [-0.1, -0.05) is 0 Å². The summed E-state index contributed by atoms with van der Waals surface area (Å²) in [5.74, 6) is 0.143. The number of carbonyl (C=O) groups excluding carboxylic acids is 1. The van der Waals surface area contributed by atoms with Crippen molar-refractivity contribution in [1.29, 1.82) is 0 Å². The predicted molar refractivity (Wildman–Crippen MR) is 101 cm³/mol. The Labute approximate surface area is 169 Å². The third-order valence-electron chi connectivity index (χ3n) is 5.18. The zero-order chi connectivity index (χ0) is 21.1. The zero-order valence-electron chi connectivity index (χ0n) is 16.0. The van der Waals surface area contributed by atoms with E-state index in [1.54, 1.807) is 17.0 Å². The van der Waals surface area contributed by atoms with E-state index in [4.69, 9.17) is 0 Å². The van der Waals surface area contributed by atoms with E-state index in [-0.39, 0.29) is 23.6 Å². The molecule has 30 heavy (non-hydrogen) atoms. The van der Waals surface area contributed by atoms with Crippen molar-refractivity contribution in [3.63, 3.8) is 0 Å². The van der Waals surface area contributed by atoms with Crippen molar-refractivity contribution < 1.29 is 18.0 Å². The van der Waals surface area contributed by atoms with Crippen LogP contribution in [0, 0.1) is 5.92 Å². The minimum absolute atomic E-state index is 0.0546. The van der Waals surface area contributed by atoms with Gasteiger partial charge in [-0.25, -0.2) is 15.0 Å². The van der Waals surface area contributed by atoms with Crippen molar-refractivity contribution >= 4 is 16.9 Å². The highest BCUT2D eigenvalue weighted by atomic mass is 19.4. The smallest absolute Gasteiger partial charge is 0.348 e. The number of nitrogens with zero attached hydrogens (tertiary/aromatic N) is 5. The first-order valence-corrected chi connectivity index (χ1v) is 9.67. The van der Waals surface area contributed by atoms with Gasteiger partial charge in [0.15, 0.2) is 5.69 Å². The molecule has 0 atom stereocenters. The molecule has 3 aromatic rings. The van der Waals surface area contributed by atoms with Crippen LogP contribution >= 0.6 is 0 Å². The molecule has 9 nitrogen and oxygen atoms in total. The van der Waals surface area contributed by atoms with Gasteiger partial charge in [0.05, 0.1) is 12.7 Å². The van der Waals surface area contributed by atoms with Crippen LogP contribution in [0.4, 0.5) is 13.2 Å². The number of hydrogen-bond acceptors (Lipinski definition) is 6. The largest absolute Gasteiger partial charge is 0.401 e. The Morgan fingerprint density at radius 2 is 2.03 bits per heavy atom. The number of H-pyrrole nitrogens is 1. The summed E-state index contributed by atoms with van der Waals surface area (Å²) in [5.41, 5.74) is 1.15. The van der Waals surface area contributed by atoms with Gasteiger partial charge in [-0.2, -0.15) is 18.3 Å². The third kappa shape index (κ3) is 4.75. The van der Waals surface area contributed by atoms with Gasteiger partial charge in [0.1, 0.15) is 17.4 Å². The fraction of sp³-hybridized carbons (Fsp3) is 0.500. The van der Waals surface area contributed by atoms with Gasteiger partial charge in [-0.3, -0.25) is 14.5 Å². The number of aromatic amines is 1. The molecule has 1 amide bonds. The minimum atomic E-state index is -4.20. The quantitative estimate of drug-likeness (QED) is 0.560. The maximum atomic E-state index is 12.9. The Balaban J connectivity index is 1.38. The molecular formula is C18H21F3N8O. The summed E-state index contributed by atoms with van der Waals surface area (Å²) in [4.78, 5) is 25.6. The fourth-order valence-electron chi connectivity index (χ4n) is 3.67. The second kappa shape index (κ2) is 8.38. The number of carbonyl (C=O) groups is 1. The van der Waals surface area contributed by atoms with Gasteiger partial charge in [0, 0.05) is 18.4 Å². The van der Waals surface area contributed by atoms with Crippen LogP contribution in [-0.4, -0.2) is 60.9 Å². The lowest BCUT2D eigenvalue weighted by molar-refractivity contribution is -0.125. The van der Waals surface area contributed by atoms with Crippen LogP contribution in [0.3, 0.4) is 0 Å². The van der Waals surface area contributed by atoms with Crippen molar-refractivity contribution in [2.24, 2.45) is 5.92 Å². The second-order valence-electron chi connectivity index (χ2n) is 7.41. The van der Waals surface area contributed by atoms with E-state index in [2.05, 4.69) is 35.8 Å². The monoisotopic (exact) mass is 422 g/mol. The minimum Gasteiger partial charge on any atom is -0.348 e. The first-order valence-electron chi connectivity index (χ1n) is 9.67. The number of nitrogens with one attached hydrogen (secondary N) is 3. The molecule has 0 spiro atoms. The van der Waals surface area contributed by atoms with Crippen molar-refractivity contribution in [2.75, 3.05) is 13.1 Å². The number of hydrogen-bond donors (Lipinski definition) is 3. The van der Waals surface area contributed by atoms with Crippen LogP contribution in [0.25, 0.3) is 17.0 Å². The highest BCUT2D eigenvalue weighted by Gasteiger charge is 2.28. The molecule has 0 unspecified atom stereocenters. The van der Waals surface area contributed by atoms with E-state index in [1.807, 2.05) is 0 Å². The van der Waals surface area contributed by atoms with Gasteiger partial charge in [-0.05, 0) is 38.1 Å². The second-order valence-corrected chi connectivity index (χ2v) is 7.41. The topological polar surface area (TPSA) is 113 Å². The average molecular weight is 422 g/mol. The SMILES string of the molecule is O=C(NC1CCC(CNCC(F)(F)F)CC1)c1nc(-n2ccnc2)nc2cn[nH]c12. The molecule has 3 N–H and O–H groups in total. The van der Waals surface area contributed by atoms with Crippen LogP contribution < -0.4 is 10.6 Å². The highest BCUT2D eigenvalue weighted by Crippen LogP contribution is 2.25. The molecule has 0 saturated heterocycles. The summed E-state index contributed by atoms with van der Waals surface area (Å²) in [6, 6.07) is -0.0546. The summed E-state index contributed by atoms with van der Waals surface area (Å²) in [6.45, 7) is -0.647. The summed E-state index contributed by atoms with van der Waals surface area (Å²) >= 11 is 0. The molecule has 4 rings (SSSR count). The Hall–Kier alpha value is -3.02. The summed E-state index contributed by atoms with van der Waals surface area (Å²) < 4.78 is 38.3. The molecule has 1 aliphatic rings. The van der Waals surface area contributed by atoms with Gasteiger partial charge in [0.25, 0.3) is 5.91 Å². The fourth-order valence-corrected chi connectivity index (χ4v) is 3.67. The number of fused-ring (bicyclic) bond motifs is 1. The Bertz CT molecular complexity index is 993. The van der Waals surface area contributed by atoms with Crippen LogP contribution in [0.5, 0.6) is 0 Å². The number of amides is 1. The average Bonchev–Trinajstić information content (AvgIpc) is 3.39. The van der Waals surface area contributed by atoms with Crippen LogP contribution in [0.2, 0.25) is 0 Å². The molecule has 0 aromatic carbocycles. The Kier molecular flexibility index (Phi) is 5.66. The van der Waals surface area contributed by atoms with Gasteiger partial charge < -0.3 is 10.6 Å². The lowest BCUT2D eigenvalue weighted by Gasteiger charge is -2.29. The number of aromatic nitrogens is 6. The highest BCUT2D eigenvalue weighted by molar-refractivity contribution is 6.02. The molecule has 160 valence electrons. The van der Waals surface area contributed by atoms with E-state index < -0.39 is 12.7 Å². The first-order chi connectivity index (χ1) is 14.4. The van der Waals surface area contributed by atoms with Gasteiger partial charge in [0.2, 0.25) is 5.95 Å². The summed E-state index contributed by atoms with van der Waals surface area (Å²) in [7, 11) is 0. The van der Waals surface area contributed by atoms with Crippen LogP contribution in [0.1, 0.15) is 36.2 Å². The number of alkyl halides is 3. The Morgan fingerprint density at radius 1 is 1.23 bits per heavy atom. The molecule has 0 aliphatic heterocycles. The van der Waals surface area contributed by atoms with E-state index in [1.165, 1.54) is 12.5 Å².